The summed E-state index contributed by atoms with van der Waals surface area (Å²) in [6.45, 7) is 2.69. The molecule has 1 aromatic heterocycles. The highest BCUT2D eigenvalue weighted by Crippen LogP contribution is 2.25. The van der Waals surface area contributed by atoms with Crippen molar-refractivity contribution in [1.29, 1.82) is 0 Å². The molecule has 0 fully saturated rings. The maximum Gasteiger partial charge on any atom is 0.147 e. The molecule has 3 nitrogen and oxygen atoms in total. The average Bonchev–Trinajstić information content (AvgIpc) is 2.45. The fraction of sp³-hybridized carbons (Fsp3) is 0.267. The fourth-order valence-electron chi connectivity index (χ4n) is 1.75. The first-order valence-corrected chi connectivity index (χ1v) is 6.22. The van der Waals surface area contributed by atoms with E-state index in [0.717, 1.165) is 18.4 Å². The average molecular weight is 261 g/mol. The zero-order valence-corrected chi connectivity index (χ0v) is 10.7. The molecule has 1 unspecified atom stereocenters. The van der Waals surface area contributed by atoms with E-state index in [9.17, 15) is 9.50 Å². The van der Waals surface area contributed by atoms with E-state index in [-0.39, 0.29) is 5.56 Å². The highest BCUT2D eigenvalue weighted by atomic mass is 19.1. The molecule has 0 saturated heterocycles. The first kappa shape index (κ1) is 13.5. The van der Waals surface area contributed by atoms with Gasteiger partial charge in [0.25, 0.3) is 0 Å². The molecule has 0 aliphatic rings. The number of aliphatic hydroxyl groups is 1. The van der Waals surface area contributed by atoms with Crippen LogP contribution in [0.25, 0.3) is 0 Å². The van der Waals surface area contributed by atoms with Crippen molar-refractivity contribution in [2.45, 2.75) is 19.4 Å². The molecule has 1 N–H and O–H groups in total. The Hall–Kier alpha value is -1.94. The number of benzene rings is 1. The molecule has 0 aliphatic heterocycles. The Labute approximate surface area is 111 Å². The third kappa shape index (κ3) is 3.29. The fourth-order valence-corrected chi connectivity index (χ4v) is 1.75. The molecule has 2 aromatic rings. The molecule has 100 valence electrons. The number of hydrogen-bond acceptors (Lipinski definition) is 3. The van der Waals surface area contributed by atoms with Crippen molar-refractivity contribution in [2.24, 2.45) is 0 Å². The van der Waals surface area contributed by atoms with E-state index in [1.165, 1.54) is 12.3 Å². The van der Waals surface area contributed by atoms with E-state index in [0.29, 0.717) is 12.2 Å². The van der Waals surface area contributed by atoms with Crippen LogP contribution in [0.1, 0.15) is 30.6 Å². The van der Waals surface area contributed by atoms with Crippen molar-refractivity contribution in [3.8, 4) is 5.75 Å². The van der Waals surface area contributed by atoms with Crippen LogP contribution in [0.3, 0.4) is 0 Å². The monoisotopic (exact) mass is 261 g/mol. The molecule has 1 heterocycles. The molecule has 0 saturated carbocycles. The van der Waals surface area contributed by atoms with Gasteiger partial charge in [-0.2, -0.15) is 0 Å². The summed E-state index contributed by atoms with van der Waals surface area (Å²) in [5, 5.41) is 10.1. The Morgan fingerprint density at radius 1 is 1.26 bits per heavy atom. The zero-order valence-electron chi connectivity index (χ0n) is 10.7. The van der Waals surface area contributed by atoms with Gasteiger partial charge in [-0.05, 0) is 30.2 Å². The summed E-state index contributed by atoms with van der Waals surface area (Å²) in [4.78, 5) is 3.66. The van der Waals surface area contributed by atoms with Gasteiger partial charge in [0.15, 0.2) is 0 Å². The molecule has 0 aliphatic carbocycles. The van der Waals surface area contributed by atoms with Gasteiger partial charge in [0.1, 0.15) is 17.7 Å². The number of rotatable bonds is 5. The lowest BCUT2D eigenvalue weighted by atomic mass is 10.0. The van der Waals surface area contributed by atoms with Crippen LogP contribution in [0.2, 0.25) is 0 Å². The van der Waals surface area contributed by atoms with E-state index >= 15 is 0 Å². The van der Waals surface area contributed by atoms with Crippen LogP contribution in [0.15, 0.2) is 42.7 Å². The predicted molar refractivity (Wildman–Crippen MR) is 70.5 cm³/mol. The number of aliphatic hydroxyl groups excluding tert-OH is 1. The summed E-state index contributed by atoms with van der Waals surface area (Å²) >= 11 is 0. The smallest absolute Gasteiger partial charge is 0.147 e. The SMILES string of the molecule is CCCOc1ccc(C(O)c2ccncc2F)cc1. The van der Waals surface area contributed by atoms with E-state index in [4.69, 9.17) is 4.74 Å². The minimum atomic E-state index is -0.997. The van der Waals surface area contributed by atoms with E-state index in [1.807, 2.05) is 6.92 Å². The third-order valence-corrected chi connectivity index (χ3v) is 2.77. The minimum absolute atomic E-state index is 0.220. The zero-order chi connectivity index (χ0) is 13.7. The second kappa shape index (κ2) is 6.29. The van der Waals surface area contributed by atoms with Crippen LogP contribution < -0.4 is 4.74 Å². The number of ether oxygens (including phenoxy) is 1. The van der Waals surface area contributed by atoms with Crippen LogP contribution in [0, 0.1) is 5.82 Å². The Balaban J connectivity index is 2.16. The van der Waals surface area contributed by atoms with Gasteiger partial charge in [-0.15, -0.1) is 0 Å². The Bertz CT molecular complexity index is 528. The number of pyridine rings is 1. The minimum Gasteiger partial charge on any atom is -0.494 e. The molecule has 4 heteroatoms. The summed E-state index contributed by atoms with van der Waals surface area (Å²) < 4.78 is 19.0. The van der Waals surface area contributed by atoms with Crippen LogP contribution in [-0.2, 0) is 0 Å². The lowest BCUT2D eigenvalue weighted by Gasteiger charge is -2.13. The maximum absolute atomic E-state index is 13.5. The van der Waals surface area contributed by atoms with Gasteiger partial charge < -0.3 is 9.84 Å². The normalized spacial score (nSPS) is 12.2. The highest BCUT2D eigenvalue weighted by molar-refractivity contribution is 5.33. The standard InChI is InChI=1S/C15H16FNO2/c1-2-9-19-12-5-3-11(4-6-12)15(18)13-7-8-17-10-14(13)16/h3-8,10,15,18H,2,9H2,1H3. The molecule has 1 atom stereocenters. The molecule has 0 radical (unpaired) electrons. The highest BCUT2D eigenvalue weighted by Gasteiger charge is 2.14. The summed E-state index contributed by atoms with van der Waals surface area (Å²) in [6.07, 6.45) is 2.49. The summed E-state index contributed by atoms with van der Waals surface area (Å²) in [5.74, 6) is 0.231. The molecular formula is C15H16FNO2. The molecule has 0 amide bonds. The second-order valence-electron chi connectivity index (χ2n) is 4.22. The third-order valence-electron chi connectivity index (χ3n) is 2.77. The molecule has 2 rings (SSSR count). The Kier molecular flexibility index (Phi) is 4.47. The molecule has 0 spiro atoms. The van der Waals surface area contributed by atoms with Crippen LogP contribution in [0.5, 0.6) is 5.75 Å². The van der Waals surface area contributed by atoms with E-state index < -0.39 is 11.9 Å². The Morgan fingerprint density at radius 3 is 2.63 bits per heavy atom. The summed E-state index contributed by atoms with van der Waals surface area (Å²) in [6, 6.07) is 8.48. The quantitative estimate of drug-likeness (QED) is 0.899. The first-order chi connectivity index (χ1) is 9.22. The van der Waals surface area contributed by atoms with Gasteiger partial charge in [0.2, 0.25) is 0 Å². The maximum atomic E-state index is 13.5. The number of nitrogens with zero attached hydrogens (tertiary/aromatic N) is 1. The van der Waals surface area contributed by atoms with Gasteiger partial charge in [-0.1, -0.05) is 19.1 Å². The topological polar surface area (TPSA) is 42.4 Å². The van der Waals surface area contributed by atoms with Gasteiger partial charge in [-0.25, -0.2) is 4.39 Å². The predicted octanol–water partition coefficient (Wildman–Crippen LogP) is 3.09. The summed E-state index contributed by atoms with van der Waals surface area (Å²) in [7, 11) is 0. The largest absolute Gasteiger partial charge is 0.494 e. The van der Waals surface area contributed by atoms with Crippen molar-refractivity contribution >= 4 is 0 Å². The van der Waals surface area contributed by atoms with E-state index in [1.54, 1.807) is 24.3 Å². The van der Waals surface area contributed by atoms with Crippen LogP contribution in [0.4, 0.5) is 4.39 Å². The van der Waals surface area contributed by atoms with Gasteiger partial charge in [0, 0.05) is 11.8 Å². The molecule has 1 aromatic carbocycles. The van der Waals surface area contributed by atoms with Gasteiger partial charge in [0.05, 0.1) is 12.8 Å². The van der Waals surface area contributed by atoms with Gasteiger partial charge in [-0.3, -0.25) is 4.98 Å². The number of halogens is 1. The van der Waals surface area contributed by atoms with E-state index in [2.05, 4.69) is 4.98 Å². The number of aromatic nitrogens is 1. The lowest BCUT2D eigenvalue weighted by molar-refractivity contribution is 0.214. The first-order valence-electron chi connectivity index (χ1n) is 6.22. The van der Waals surface area contributed by atoms with Crippen molar-refractivity contribution in [1.82, 2.24) is 4.98 Å². The van der Waals surface area contributed by atoms with Crippen LogP contribution >= 0.6 is 0 Å². The molecular weight excluding hydrogens is 245 g/mol. The van der Waals surface area contributed by atoms with Crippen molar-refractivity contribution < 1.29 is 14.2 Å². The van der Waals surface area contributed by atoms with Crippen molar-refractivity contribution in [2.75, 3.05) is 6.61 Å². The molecule has 19 heavy (non-hydrogen) atoms. The van der Waals surface area contributed by atoms with Crippen molar-refractivity contribution in [3.63, 3.8) is 0 Å². The summed E-state index contributed by atoms with van der Waals surface area (Å²) in [5.41, 5.74) is 0.839. The second-order valence-corrected chi connectivity index (χ2v) is 4.22. The van der Waals surface area contributed by atoms with Crippen molar-refractivity contribution in [3.05, 3.63) is 59.7 Å². The van der Waals surface area contributed by atoms with Gasteiger partial charge >= 0.3 is 0 Å². The molecule has 0 bridgehead atoms. The van der Waals surface area contributed by atoms with Crippen LogP contribution in [-0.4, -0.2) is 16.7 Å². The number of hydrogen-bond donors (Lipinski definition) is 1. The Morgan fingerprint density at radius 2 is 2.00 bits per heavy atom. The lowest BCUT2D eigenvalue weighted by Crippen LogP contribution is -2.03.